The second-order valence-corrected chi connectivity index (χ2v) is 7.04. The van der Waals surface area contributed by atoms with E-state index in [9.17, 15) is 9.59 Å². The van der Waals surface area contributed by atoms with Gasteiger partial charge in [0.15, 0.2) is 0 Å². The van der Waals surface area contributed by atoms with Crippen LogP contribution in [-0.2, 0) is 19.1 Å². The Balaban J connectivity index is 2.80. The fourth-order valence-electron chi connectivity index (χ4n) is 2.60. The van der Waals surface area contributed by atoms with E-state index in [1.54, 1.807) is 0 Å². The molecule has 1 aliphatic rings. The Morgan fingerprint density at radius 1 is 1.05 bits per heavy atom. The third kappa shape index (κ3) is 5.82. The van der Waals surface area contributed by atoms with Gasteiger partial charge in [0.1, 0.15) is 0 Å². The van der Waals surface area contributed by atoms with Crippen molar-refractivity contribution in [2.45, 2.75) is 47.5 Å². The van der Waals surface area contributed by atoms with Crippen LogP contribution in [-0.4, -0.2) is 25.2 Å². The van der Waals surface area contributed by atoms with E-state index in [1.807, 2.05) is 46.8 Å². The standard InChI is InChI=1S/C18H30O4/c1-12(2)10-21-17(19)15-9-7-6-8-14(5)16(15)18(20)22-11-13(3)4/h6,8,12-16H,7,9-11H2,1-5H3. The molecule has 126 valence electrons. The smallest absolute Gasteiger partial charge is 0.310 e. The zero-order valence-electron chi connectivity index (χ0n) is 14.5. The Bertz CT molecular complexity index is 398. The Morgan fingerprint density at radius 3 is 2.14 bits per heavy atom. The molecule has 0 saturated heterocycles. The van der Waals surface area contributed by atoms with Crippen LogP contribution < -0.4 is 0 Å². The van der Waals surface area contributed by atoms with E-state index >= 15 is 0 Å². The number of carbonyl (C=O) groups excluding carboxylic acids is 2. The van der Waals surface area contributed by atoms with Crippen LogP contribution in [0.2, 0.25) is 0 Å². The molecular weight excluding hydrogens is 280 g/mol. The van der Waals surface area contributed by atoms with Gasteiger partial charge in [-0.05, 0) is 30.6 Å². The van der Waals surface area contributed by atoms with Crippen molar-refractivity contribution in [3.8, 4) is 0 Å². The number of rotatable bonds is 6. The highest BCUT2D eigenvalue weighted by Crippen LogP contribution is 2.32. The second kappa shape index (κ2) is 8.96. The highest BCUT2D eigenvalue weighted by atomic mass is 16.5. The molecule has 0 amide bonds. The van der Waals surface area contributed by atoms with Gasteiger partial charge >= 0.3 is 11.9 Å². The first-order chi connectivity index (χ1) is 10.3. The molecule has 0 aromatic heterocycles. The summed E-state index contributed by atoms with van der Waals surface area (Å²) in [5.41, 5.74) is 0. The molecule has 0 bridgehead atoms. The molecule has 0 radical (unpaired) electrons. The van der Waals surface area contributed by atoms with Gasteiger partial charge in [-0.25, -0.2) is 0 Å². The maximum absolute atomic E-state index is 12.5. The minimum atomic E-state index is -0.447. The Labute approximate surface area is 134 Å². The molecule has 3 unspecified atom stereocenters. The number of hydrogen-bond acceptors (Lipinski definition) is 4. The number of esters is 2. The lowest BCUT2D eigenvalue weighted by Gasteiger charge is -2.26. The van der Waals surface area contributed by atoms with Crippen molar-refractivity contribution in [3.63, 3.8) is 0 Å². The quantitative estimate of drug-likeness (QED) is 0.555. The Hall–Kier alpha value is -1.32. The van der Waals surface area contributed by atoms with Crippen LogP contribution in [0.25, 0.3) is 0 Å². The lowest BCUT2D eigenvalue weighted by molar-refractivity contribution is -0.163. The molecule has 4 heteroatoms. The first-order valence-corrected chi connectivity index (χ1v) is 8.32. The van der Waals surface area contributed by atoms with E-state index in [1.165, 1.54) is 0 Å². The molecule has 0 saturated carbocycles. The number of allylic oxidation sites excluding steroid dienone is 2. The van der Waals surface area contributed by atoms with Gasteiger partial charge in [0.05, 0.1) is 25.0 Å². The second-order valence-electron chi connectivity index (χ2n) is 7.04. The summed E-state index contributed by atoms with van der Waals surface area (Å²) in [5.74, 6) is -0.849. The minimum Gasteiger partial charge on any atom is -0.465 e. The zero-order chi connectivity index (χ0) is 16.7. The molecule has 1 rings (SSSR count). The fourth-order valence-corrected chi connectivity index (χ4v) is 2.60. The molecule has 4 nitrogen and oxygen atoms in total. The van der Waals surface area contributed by atoms with Crippen LogP contribution in [0.1, 0.15) is 47.5 Å². The van der Waals surface area contributed by atoms with E-state index in [-0.39, 0.29) is 29.7 Å². The largest absolute Gasteiger partial charge is 0.465 e. The van der Waals surface area contributed by atoms with Gasteiger partial charge in [-0.3, -0.25) is 9.59 Å². The molecule has 22 heavy (non-hydrogen) atoms. The molecular formula is C18H30O4. The normalized spacial score (nSPS) is 25.1. The molecule has 0 aromatic carbocycles. The minimum absolute atomic E-state index is 0.0150. The van der Waals surface area contributed by atoms with Gasteiger partial charge in [0, 0.05) is 0 Å². The van der Waals surface area contributed by atoms with Crippen molar-refractivity contribution >= 4 is 11.9 Å². The predicted octanol–water partition coefficient (Wildman–Crippen LogP) is 3.60. The summed E-state index contributed by atoms with van der Waals surface area (Å²) in [7, 11) is 0. The SMILES string of the molecule is CC(C)COC(=O)C1CCC=CC(C)C1C(=O)OCC(C)C. The predicted molar refractivity (Wildman–Crippen MR) is 86.1 cm³/mol. The Morgan fingerprint density at radius 2 is 1.59 bits per heavy atom. The van der Waals surface area contributed by atoms with E-state index in [2.05, 4.69) is 0 Å². The first-order valence-electron chi connectivity index (χ1n) is 8.32. The molecule has 0 aromatic rings. The van der Waals surface area contributed by atoms with Gasteiger partial charge in [-0.2, -0.15) is 0 Å². The van der Waals surface area contributed by atoms with Gasteiger partial charge in [-0.15, -0.1) is 0 Å². The zero-order valence-corrected chi connectivity index (χ0v) is 14.5. The van der Waals surface area contributed by atoms with Crippen LogP contribution in [0.5, 0.6) is 0 Å². The summed E-state index contributed by atoms with van der Waals surface area (Å²) in [4.78, 5) is 24.9. The maximum Gasteiger partial charge on any atom is 0.310 e. The highest BCUT2D eigenvalue weighted by molar-refractivity contribution is 5.82. The average Bonchev–Trinajstić information content (AvgIpc) is 2.63. The van der Waals surface area contributed by atoms with E-state index in [4.69, 9.17) is 9.47 Å². The van der Waals surface area contributed by atoms with Crippen LogP contribution in [0.3, 0.4) is 0 Å². The van der Waals surface area contributed by atoms with Crippen molar-refractivity contribution in [3.05, 3.63) is 12.2 Å². The lowest BCUT2D eigenvalue weighted by atomic mass is 9.81. The summed E-state index contributed by atoms with van der Waals surface area (Å²) < 4.78 is 10.8. The third-order valence-corrected chi connectivity index (χ3v) is 3.78. The van der Waals surface area contributed by atoms with Crippen molar-refractivity contribution < 1.29 is 19.1 Å². The van der Waals surface area contributed by atoms with Crippen molar-refractivity contribution in [2.24, 2.45) is 29.6 Å². The summed E-state index contributed by atoms with van der Waals surface area (Å²) in [6, 6.07) is 0. The average molecular weight is 310 g/mol. The van der Waals surface area contributed by atoms with Crippen LogP contribution in [0.4, 0.5) is 0 Å². The van der Waals surface area contributed by atoms with Crippen molar-refractivity contribution in [1.29, 1.82) is 0 Å². The maximum atomic E-state index is 12.5. The molecule has 1 aliphatic carbocycles. The monoisotopic (exact) mass is 310 g/mol. The molecule has 0 N–H and O–H groups in total. The summed E-state index contributed by atoms with van der Waals surface area (Å²) in [6.45, 7) is 10.7. The lowest BCUT2D eigenvalue weighted by Crippen LogP contribution is -2.36. The van der Waals surface area contributed by atoms with Crippen molar-refractivity contribution in [2.75, 3.05) is 13.2 Å². The molecule has 0 spiro atoms. The van der Waals surface area contributed by atoms with E-state index < -0.39 is 11.8 Å². The van der Waals surface area contributed by atoms with E-state index in [0.717, 1.165) is 6.42 Å². The summed E-state index contributed by atoms with van der Waals surface area (Å²) in [5, 5.41) is 0. The topological polar surface area (TPSA) is 52.6 Å². The number of ether oxygens (including phenoxy) is 2. The number of carbonyl (C=O) groups is 2. The van der Waals surface area contributed by atoms with Gasteiger partial charge < -0.3 is 9.47 Å². The summed E-state index contributed by atoms with van der Waals surface area (Å²) in [6.07, 6.45) is 5.49. The molecule has 0 fully saturated rings. The van der Waals surface area contributed by atoms with E-state index in [0.29, 0.717) is 19.6 Å². The Kier molecular flexibility index (Phi) is 7.63. The first kappa shape index (κ1) is 18.7. The molecule has 0 heterocycles. The molecule has 3 atom stereocenters. The highest BCUT2D eigenvalue weighted by Gasteiger charge is 2.39. The van der Waals surface area contributed by atoms with Crippen LogP contribution in [0, 0.1) is 29.6 Å². The van der Waals surface area contributed by atoms with Crippen molar-refractivity contribution in [1.82, 2.24) is 0 Å². The van der Waals surface area contributed by atoms with Gasteiger partial charge in [0.2, 0.25) is 0 Å². The fraction of sp³-hybridized carbons (Fsp3) is 0.778. The summed E-state index contributed by atoms with van der Waals surface area (Å²) >= 11 is 0. The van der Waals surface area contributed by atoms with Crippen LogP contribution in [0.15, 0.2) is 12.2 Å². The third-order valence-electron chi connectivity index (χ3n) is 3.78. The van der Waals surface area contributed by atoms with Gasteiger partial charge in [-0.1, -0.05) is 46.8 Å². The van der Waals surface area contributed by atoms with Gasteiger partial charge in [0.25, 0.3) is 0 Å². The number of hydrogen-bond donors (Lipinski definition) is 0. The molecule has 0 aliphatic heterocycles. The van der Waals surface area contributed by atoms with Crippen LogP contribution >= 0.6 is 0 Å².